The Morgan fingerprint density at radius 2 is 2.10 bits per heavy atom. The van der Waals surface area contributed by atoms with Crippen LogP contribution in [0.2, 0.25) is 10.4 Å². The van der Waals surface area contributed by atoms with E-state index in [0.717, 1.165) is 12.1 Å². The molecule has 2 aromatic heterocycles. The summed E-state index contributed by atoms with van der Waals surface area (Å²) in [5.41, 5.74) is 0.742. The van der Waals surface area contributed by atoms with Crippen molar-refractivity contribution < 1.29 is 4.74 Å². The fraction of sp³-hybridized carbons (Fsp3) is 0.385. The number of halogens is 2. The molecule has 1 saturated heterocycles. The molecule has 8 heteroatoms. The van der Waals surface area contributed by atoms with Crippen LogP contribution in [0.25, 0.3) is 11.4 Å². The molecule has 2 aromatic rings. The normalized spacial score (nSPS) is 18.8. The number of hydrogen-bond donors (Lipinski definition) is 0. The second kappa shape index (κ2) is 6.09. The molecule has 3 rings (SSSR count). The molecule has 3 heterocycles. The Hall–Kier alpha value is -1.50. The van der Waals surface area contributed by atoms with Gasteiger partial charge in [0, 0.05) is 18.3 Å². The average Bonchev–Trinajstić information content (AvgIpc) is 2.48. The summed E-state index contributed by atoms with van der Waals surface area (Å²) in [6.45, 7) is 4.06. The Kier molecular flexibility index (Phi) is 4.19. The van der Waals surface area contributed by atoms with E-state index in [4.69, 9.17) is 27.9 Å². The number of aromatic nitrogens is 4. The minimum absolute atomic E-state index is 0.156. The van der Waals surface area contributed by atoms with Crippen molar-refractivity contribution in [1.29, 1.82) is 0 Å². The lowest BCUT2D eigenvalue weighted by molar-refractivity contribution is 0.0981. The molecule has 0 aromatic carbocycles. The Balaban J connectivity index is 1.97. The second-order valence-electron chi connectivity index (χ2n) is 4.71. The van der Waals surface area contributed by atoms with Crippen LogP contribution in [0.15, 0.2) is 18.3 Å². The van der Waals surface area contributed by atoms with E-state index in [9.17, 15) is 0 Å². The SMILES string of the molecule is CC1COCCN1c1nc(Cl)nc(-c2ccc(Cl)nc2)n1. The van der Waals surface area contributed by atoms with Crippen LogP contribution in [-0.4, -0.2) is 45.7 Å². The molecule has 6 nitrogen and oxygen atoms in total. The molecule has 1 fully saturated rings. The molecule has 0 amide bonds. The van der Waals surface area contributed by atoms with E-state index in [1.807, 2.05) is 0 Å². The van der Waals surface area contributed by atoms with Gasteiger partial charge in [-0.3, -0.25) is 0 Å². The highest BCUT2D eigenvalue weighted by Crippen LogP contribution is 2.22. The molecule has 1 aliphatic heterocycles. The third-order valence-electron chi connectivity index (χ3n) is 3.21. The predicted octanol–water partition coefficient (Wildman–Crippen LogP) is 2.47. The molecule has 0 bridgehead atoms. The highest BCUT2D eigenvalue weighted by atomic mass is 35.5. The lowest BCUT2D eigenvalue weighted by Crippen LogP contribution is -2.44. The molecule has 0 spiro atoms. The maximum atomic E-state index is 6.03. The number of morpholine rings is 1. The Morgan fingerprint density at radius 3 is 2.81 bits per heavy atom. The van der Waals surface area contributed by atoms with Crippen LogP contribution in [0.3, 0.4) is 0 Å². The summed E-state index contributed by atoms with van der Waals surface area (Å²) in [7, 11) is 0. The van der Waals surface area contributed by atoms with Gasteiger partial charge in [-0.05, 0) is 30.7 Å². The zero-order valence-electron chi connectivity index (χ0n) is 11.3. The third-order valence-corrected chi connectivity index (χ3v) is 3.60. The summed E-state index contributed by atoms with van der Waals surface area (Å²) in [5, 5.41) is 0.574. The number of nitrogens with zero attached hydrogens (tertiary/aromatic N) is 5. The lowest BCUT2D eigenvalue weighted by Gasteiger charge is -2.33. The fourth-order valence-electron chi connectivity index (χ4n) is 2.13. The minimum Gasteiger partial charge on any atom is -0.377 e. The zero-order valence-corrected chi connectivity index (χ0v) is 12.8. The van der Waals surface area contributed by atoms with Crippen molar-refractivity contribution in [1.82, 2.24) is 19.9 Å². The van der Waals surface area contributed by atoms with Crippen molar-refractivity contribution in [2.45, 2.75) is 13.0 Å². The first kappa shape index (κ1) is 14.4. The van der Waals surface area contributed by atoms with Crippen molar-refractivity contribution in [3.8, 4) is 11.4 Å². The van der Waals surface area contributed by atoms with Gasteiger partial charge in [0.2, 0.25) is 11.2 Å². The van der Waals surface area contributed by atoms with E-state index >= 15 is 0 Å². The number of anilines is 1. The molecule has 1 aliphatic rings. The van der Waals surface area contributed by atoms with E-state index in [2.05, 4.69) is 31.8 Å². The van der Waals surface area contributed by atoms with Crippen LogP contribution in [0.4, 0.5) is 5.95 Å². The molecule has 0 N–H and O–H groups in total. The maximum absolute atomic E-state index is 6.03. The summed E-state index contributed by atoms with van der Waals surface area (Å²) < 4.78 is 5.42. The number of hydrogen-bond acceptors (Lipinski definition) is 6. The summed E-state index contributed by atoms with van der Waals surface area (Å²) in [4.78, 5) is 19.0. The summed E-state index contributed by atoms with van der Waals surface area (Å²) in [6, 6.07) is 3.67. The van der Waals surface area contributed by atoms with Crippen LogP contribution in [0.5, 0.6) is 0 Å². The van der Waals surface area contributed by atoms with Crippen LogP contribution in [-0.2, 0) is 4.74 Å². The summed E-state index contributed by atoms with van der Waals surface area (Å²) in [5.74, 6) is 1.03. The number of rotatable bonds is 2. The summed E-state index contributed by atoms with van der Waals surface area (Å²) >= 11 is 11.8. The van der Waals surface area contributed by atoms with E-state index in [1.54, 1.807) is 18.3 Å². The molecule has 110 valence electrons. The van der Waals surface area contributed by atoms with Gasteiger partial charge in [0.05, 0.1) is 19.3 Å². The van der Waals surface area contributed by atoms with Gasteiger partial charge in [-0.1, -0.05) is 11.6 Å². The molecule has 0 saturated carbocycles. The maximum Gasteiger partial charge on any atom is 0.230 e. The van der Waals surface area contributed by atoms with E-state index in [1.165, 1.54) is 0 Å². The standard InChI is InChI=1S/C13H13Cl2N5O/c1-8-7-21-5-4-20(8)13-18-11(17-12(15)19-13)9-2-3-10(14)16-6-9/h2-3,6,8H,4-5,7H2,1H3. The van der Waals surface area contributed by atoms with Gasteiger partial charge < -0.3 is 9.64 Å². The predicted molar refractivity (Wildman–Crippen MR) is 80.7 cm³/mol. The van der Waals surface area contributed by atoms with Crippen molar-refractivity contribution in [3.05, 3.63) is 28.8 Å². The molecule has 0 aliphatic carbocycles. The van der Waals surface area contributed by atoms with Crippen molar-refractivity contribution >= 4 is 29.2 Å². The van der Waals surface area contributed by atoms with Gasteiger partial charge in [0.25, 0.3) is 0 Å². The van der Waals surface area contributed by atoms with Gasteiger partial charge in [-0.15, -0.1) is 0 Å². The quantitative estimate of drug-likeness (QED) is 0.790. The Bertz CT molecular complexity index is 637. The van der Waals surface area contributed by atoms with Crippen LogP contribution >= 0.6 is 23.2 Å². The molecular formula is C13H13Cl2N5O. The lowest BCUT2D eigenvalue weighted by atomic mass is 10.2. The largest absolute Gasteiger partial charge is 0.377 e. The van der Waals surface area contributed by atoms with E-state index < -0.39 is 0 Å². The number of pyridine rings is 1. The van der Waals surface area contributed by atoms with Crippen molar-refractivity contribution in [3.63, 3.8) is 0 Å². The molecular weight excluding hydrogens is 313 g/mol. The fourth-order valence-corrected chi connectivity index (χ4v) is 2.40. The van der Waals surface area contributed by atoms with Gasteiger partial charge in [-0.2, -0.15) is 15.0 Å². The summed E-state index contributed by atoms with van der Waals surface area (Å²) in [6.07, 6.45) is 1.61. The smallest absolute Gasteiger partial charge is 0.230 e. The first-order chi connectivity index (χ1) is 10.1. The van der Waals surface area contributed by atoms with Crippen molar-refractivity contribution in [2.75, 3.05) is 24.7 Å². The average molecular weight is 326 g/mol. The van der Waals surface area contributed by atoms with Gasteiger partial charge in [0.15, 0.2) is 5.82 Å². The Labute approximate surface area is 132 Å². The topological polar surface area (TPSA) is 64.0 Å². The molecule has 1 unspecified atom stereocenters. The molecule has 0 radical (unpaired) electrons. The number of ether oxygens (including phenoxy) is 1. The highest BCUT2D eigenvalue weighted by Gasteiger charge is 2.22. The van der Waals surface area contributed by atoms with E-state index in [0.29, 0.717) is 30.1 Å². The highest BCUT2D eigenvalue weighted by molar-refractivity contribution is 6.29. The van der Waals surface area contributed by atoms with Gasteiger partial charge >= 0.3 is 0 Å². The van der Waals surface area contributed by atoms with Crippen LogP contribution in [0.1, 0.15) is 6.92 Å². The molecule has 21 heavy (non-hydrogen) atoms. The third kappa shape index (κ3) is 3.23. The minimum atomic E-state index is 0.156. The first-order valence-electron chi connectivity index (χ1n) is 6.51. The van der Waals surface area contributed by atoms with Crippen molar-refractivity contribution in [2.24, 2.45) is 0 Å². The van der Waals surface area contributed by atoms with Gasteiger partial charge in [0.1, 0.15) is 5.15 Å². The monoisotopic (exact) mass is 325 g/mol. The molecule has 1 atom stereocenters. The van der Waals surface area contributed by atoms with Crippen LogP contribution in [0, 0.1) is 0 Å². The van der Waals surface area contributed by atoms with Crippen LogP contribution < -0.4 is 4.90 Å². The van der Waals surface area contributed by atoms with Gasteiger partial charge in [-0.25, -0.2) is 4.98 Å². The zero-order chi connectivity index (χ0) is 14.8. The Morgan fingerprint density at radius 1 is 1.24 bits per heavy atom. The van der Waals surface area contributed by atoms with E-state index in [-0.39, 0.29) is 11.3 Å². The second-order valence-corrected chi connectivity index (χ2v) is 5.44. The first-order valence-corrected chi connectivity index (χ1v) is 7.27.